The molecular formula is C21H19FN2O. The molecule has 126 valence electrons. The summed E-state index contributed by atoms with van der Waals surface area (Å²) in [6.45, 7) is 3.73. The lowest BCUT2D eigenvalue weighted by atomic mass is 9.98. The first-order chi connectivity index (χ1) is 12.2. The van der Waals surface area contributed by atoms with Crippen molar-refractivity contribution in [1.29, 1.82) is 0 Å². The number of pyridine rings is 1. The van der Waals surface area contributed by atoms with E-state index in [9.17, 15) is 0 Å². The molecule has 25 heavy (non-hydrogen) atoms. The zero-order valence-corrected chi connectivity index (χ0v) is 13.7. The Kier molecular flexibility index (Phi) is 5.21. The van der Waals surface area contributed by atoms with Gasteiger partial charge in [0, 0.05) is 29.6 Å². The monoisotopic (exact) mass is 334 g/mol. The van der Waals surface area contributed by atoms with Crippen molar-refractivity contribution in [3.63, 3.8) is 0 Å². The van der Waals surface area contributed by atoms with Crippen LogP contribution in [0.2, 0.25) is 0 Å². The van der Waals surface area contributed by atoms with E-state index in [2.05, 4.69) is 11.6 Å². The molecule has 2 aromatic carbocycles. The van der Waals surface area contributed by atoms with Crippen LogP contribution >= 0.6 is 0 Å². The molecule has 0 radical (unpaired) electrons. The fourth-order valence-corrected chi connectivity index (χ4v) is 2.63. The molecule has 0 spiro atoms. The number of hydrogen-bond donors (Lipinski definition) is 1. The Morgan fingerprint density at radius 3 is 2.48 bits per heavy atom. The lowest BCUT2D eigenvalue weighted by Crippen LogP contribution is -2.15. The number of para-hydroxylation sites is 1. The highest BCUT2D eigenvalue weighted by atomic mass is 19.1. The molecule has 1 aromatic heterocycles. The first-order valence-corrected chi connectivity index (χ1v) is 8.01. The first-order valence-electron chi connectivity index (χ1n) is 8.01. The Morgan fingerprint density at radius 1 is 1.08 bits per heavy atom. The maximum absolute atomic E-state index is 15.1. The van der Waals surface area contributed by atoms with Crippen molar-refractivity contribution >= 4 is 6.08 Å². The predicted octanol–water partition coefficient (Wildman–Crippen LogP) is 4.90. The summed E-state index contributed by atoms with van der Waals surface area (Å²) >= 11 is 0. The summed E-state index contributed by atoms with van der Waals surface area (Å²) in [5.41, 5.74) is 8.24. The lowest BCUT2D eigenvalue weighted by Gasteiger charge is -2.17. The fraction of sp³-hybridized carbons (Fsp3) is 0.0952. The topological polar surface area (TPSA) is 48.1 Å². The zero-order valence-electron chi connectivity index (χ0n) is 13.7. The van der Waals surface area contributed by atoms with Gasteiger partial charge in [-0.3, -0.25) is 4.98 Å². The Morgan fingerprint density at radius 2 is 1.80 bits per heavy atom. The molecule has 0 aliphatic heterocycles. The molecule has 0 aliphatic rings. The third kappa shape index (κ3) is 3.92. The van der Waals surface area contributed by atoms with E-state index in [0.29, 0.717) is 23.3 Å². The van der Waals surface area contributed by atoms with E-state index in [1.807, 2.05) is 30.3 Å². The summed E-state index contributed by atoms with van der Waals surface area (Å²) in [5, 5.41) is 0. The molecule has 4 heteroatoms. The highest BCUT2D eigenvalue weighted by Crippen LogP contribution is 2.33. The molecule has 0 aliphatic carbocycles. The van der Waals surface area contributed by atoms with Gasteiger partial charge in [0.25, 0.3) is 0 Å². The Balaban J connectivity index is 1.92. The number of hydrogen-bond acceptors (Lipinski definition) is 3. The summed E-state index contributed by atoms with van der Waals surface area (Å²) in [5.74, 6) is 0.246. The van der Waals surface area contributed by atoms with Crippen LogP contribution in [-0.4, -0.2) is 4.98 Å². The van der Waals surface area contributed by atoms with Crippen molar-refractivity contribution in [2.75, 3.05) is 0 Å². The van der Waals surface area contributed by atoms with Crippen molar-refractivity contribution in [3.05, 3.63) is 96.1 Å². The number of ether oxygens (including phenoxy) is 1. The summed E-state index contributed by atoms with van der Waals surface area (Å²) < 4.78 is 20.9. The van der Waals surface area contributed by atoms with Crippen molar-refractivity contribution in [2.45, 2.75) is 12.5 Å². The maximum Gasteiger partial charge on any atom is 0.171 e. The molecule has 1 unspecified atom stereocenters. The Labute approximate surface area is 146 Å². The van der Waals surface area contributed by atoms with E-state index in [4.69, 9.17) is 10.5 Å². The minimum atomic E-state index is -0.487. The average molecular weight is 334 g/mol. The molecule has 0 bridgehead atoms. The van der Waals surface area contributed by atoms with Gasteiger partial charge in [-0.15, -0.1) is 0 Å². The van der Waals surface area contributed by atoms with Crippen molar-refractivity contribution in [2.24, 2.45) is 5.73 Å². The highest BCUT2D eigenvalue weighted by Gasteiger charge is 2.19. The standard InChI is InChI=1S/C21H19FN2O/c1-2-16-8-9-18(19(23)14-15-10-12-24-13-11-15)20(22)21(16)25-17-6-4-3-5-7-17/h2-13,19H,1,14,23H2. The lowest BCUT2D eigenvalue weighted by molar-refractivity contribution is 0.433. The molecule has 1 heterocycles. The van der Waals surface area contributed by atoms with Gasteiger partial charge in [0.2, 0.25) is 0 Å². The minimum Gasteiger partial charge on any atom is -0.454 e. The zero-order chi connectivity index (χ0) is 17.6. The van der Waals surface area contributed by atoms with Crippen LogP contribution in [0.15, 0.2) is 73.6 Å². The number of halogens is 1. The van der Waals surface area contributed by atoms with Gasteiger partial charge in [-0.2, -0.15) is 0 Å². The van der Waals surface area contributed by atoms with Gasteiger partial charge in [0.1, 0.15) is 5.75 Å². The van der Waals surface area contributed by atoms with Gasteiger partial charge in [-0.25, -0.2) is 4.39 Å². The molecule has 0 saturated heterocycles. The third-order valence-corrected chi connectivity index (χ3v) is 3.94. The van der Waals surface area contributed by atoms with Crippen molar-refractivity contribution in [3.8, 4) is 11.5 Å². The largest absolute Gasteiger partial charge is 0.454 e. The molecule has 3 aromatic rings. The second-order valence-electron chi connectivity index (χ2n) is 5.67. The molecule has 0 fully saturated rings. The average Bonchev–Trinajstić information content (AvgIpc) is 2.65. The van der Waals surface area contributed by atoms with E-state index in [-0.39, 0.29) is 5.75 Å². The van der Waals surface area contributed by atoms with Crippen LogP contribution in [-0.2, 0) is 6.42 Å². The van der Waals surface area contributed by atoms with Crippen LogP contribution in [0.25, 0.3) is 6.08 Å². The highest BCUT2D eigenvalue weighted by molar-refractivity contribution is 5.58. The van der Waals surface area contributed by atoms with Gasteiger partial charge < -0.3 is 10.5 Å². The molecule has 1 atom stereocenters. The molecule has 3 rings (SSSR count). The second-order valence-corrected chi connectivity index (χ2v) is 5.67. The van der Waals surface area contributed by atoms with Crippen LogP contribution in [0.1, 0.15) is 22.7 Å². The molecule has 0 amide bonds. The molecule has 2 N–H and O–H groups in total. The van der Waals surface area contributed by atoms with Crippen LogP contribution < -0.4 is 10.5 Å². The van der Waals surface area contributed by atoms with Crippen molar-refractivity contribution in [1.82, 2.24) is 4.98 Å². The van der Waals surface area contributed by atoms with Crippen molar-refractivity contribution < 1.29 is 9.13 Å². The maximum atomic E-state index is 15.1. The number of aromatic nitrogens is 1. The molecule has 3 nitrogen and oxygen atoms in total. The van der Waals surface area contributed by atoms with Crippen LogP contribution in [0.4, 0.5) is 4.39 Å². The summed E-state index contributed by atoms with van der Waals surface area (Å²) in [4.78, 5) is 3.98. The van der Waals surface area contributed by atoms with E-state index in [1.165, 1.54) is 0 Å². The van der Waals surface area contributed by atoms with Gasteiger partial charge in [-0.1, -0.05) is 43.0 Å². The SMILES string of the molecule is C=Cc1ccc(C(N)Cc2ccncc2)c(F)c1Oc1ccccc1. The second kappa shape index (κ2) is 7.73. The minimum absolute atomic E-state index is 0.142. The van der Waals surface area contributed by atoms with E-state index >= 15 is 4.39 Å². The molecular weight excluding hydrogens is 315 g/mol. The fourth-order valence-electron chi connectivity index (χ4n) is 2.63. The van der Waals surface area contributed by atoms with Gasteiger partial charge in [0.05, 0.1) is 0 Å². The molecule has 0 saturated carbocycles. The van der Waals surface area contributed by atoms with Gasteiger partial charge in [-0.05, 0) is 36.2 Å². The van der Waals surface area contributed by atoms with E-state index < -0.39 is 11.9 Å². The number of nitrogens with zero attached hydrogens (tertiary/aromatic N) is 1. The van der Waals surface area contributed by atoms with Crippen LogP contribution in [0, 0.1) is 5.82 Å². The van der Waals surface area contributed by atoms with Crippen LogP contribution in [0.3, 0.4) is 0 Å². The number of benzene rings is 2. The Bertz CT molecular complexity index is 851. The predicted molar refractivity (Wildman–Crippen MR) is 97.9 cm³/mol. The summed E-state index contributed by atoms with van der Waals surface area (Å²) in [7, 11) is 0. The summed E-state index contributed by atoms with van der Waals surface area (Å²) in [6, 6.07) is 15.8. The van der Waals surface area contributed by atoms with Crippen LogP contribution in [0.5, 0.6) is 11.5 Å². The number of rotatable bonds is 6. The van der Waals surface area contributed by atoms with E-state index in [0.717, 1.165) is 5.56 Å². The Hall–Kier alpha value is -2.98. The van der Waals surface area contributed by atoms with Gasteiger partial charge in [0.15, 0.2) is 11.6 Å². The normalized spacial score (nSPS) is 11.8. The third-order valence-electron chi connectivity index (χ3n) is 3.94. The first kappa shape index (κ1) is 16.9. The van der Waals surface area contributed by atoms with Gasteiger partial charge >= 0.3 is 0 Å². The number of nitrogens with two attached hydrogens (primary N) is 1. The summed E-state index contributed by atoms with van der Waals surface area (Å²) in [6.07, 6.45) is 5.48. The van der Waals surface area contributed by atoms with E-state index in [1.54, 1.807) is 42.7 Å². The smallest absolute Gasteiger partial charge is 0.171 e. The quantitative estimate of drug-likeness (QED) is 0.697.